The molecule has 0 spiro atoms. The Morgan fingerprint density at radius 3 is 1.90 bits per heavy atom. The SMILES string of the molecule is C/C=C/C(C)C1=CC(C(C)/C=C/C)(C(C)/C=C/C)CC=C1. The largest absolute Gasteiger partial charge is 0.0914 e. The molecule has 0 saturated heterocycles. The van der Waals surface area contributed by atoms with Gasteiger partial charge in [-0.15, -0.1) is 0 Å². The molecule has 0 heterocycles. The van der Waals surface area contributed by atoms with Crippen molar-refractivity contribution in [2.24, 2.45) is 23.2 Å². The van der Waals surface area contributed by atoms with Crippen molar-refractivity contribution in [1.29, 1.82) is 0 Å². The highest BCUT2D eigenvalue weighted by Crippen LogP contribution is 2.46. The van der Waals surface area contributed by atoms with Gasteiger partial charge in [-0.25, -0.2) is 0 Å². The molecule has 3 atom stereocenters. The van der Waals surface area contributed by atoms with Gasteiger partial charge in [0.2, 0.25) is 0 Å². The first-order chi connectivity index (χ1) is 10.0. The predicted octanol–water partition coefficient (Wildman–Crippen LogP) is 6.50. The van der Waals surface area contributed by atoms with E-state index in [9.17, 15) is 0 Å². The molecule has 0 saturated carbocycles. The quantitative estimate of drug-likeness (QED) is 0.489. The summed E-state index contributed by atoms with van der Waals surface area (Å²) in [5.74, 6) is 1.56. The van der Waals surface area contributed by atoms with Gasteiger partial charge in [-0.2, -0.15) is 0 Å². The van der Waals surface area contributed by atoms with Crippen LogP contribution in [-0.4, -0.2) is 0 Å². The Bertz CT molecular complexity index is 438. The van der Waals surface area contributed by atoms with Crippen molar-refractivity contribution in [3.63, 3.8) is 0 Å². The zero-order valence-electron chi connectivity index (χ0n) is 14.6. The van der Waals surface area contributed by atoms with Gasteiger partial charge in [-0.3, -0.25) is 0 Å². The van der Waals surface area contributed by atoms with Crippen LogP contribution in [0.15, 0.2) is 60.3 Å². The molecule has 0 aromatic carbocycles. The van der Waals surface area contributed by atoms with Crippen molar-refractivity contribution in [2.75, 3.05) is 0 Å². The van der Waals surface area contributed by atoms with Crippen molar-refractivity contribution < 1.29 is 0 Å². The molecule has 3 unspecified atom stereocenters. The molecule has 0 aliphatic heterocycles. The molecule has 1 rings (SSSR count). The molecule has 0 bridgehead atoms. The Balaban J connectivity index is 3.27. The molecule has 1 aliphatic carbocycles. The average Bonchev–Trinajstić information content (AvgIpc) is 2.48. The molecule has 0 radical (unpaired) electrons. The molecule has 116 valence electrons. The minimum absolute atomic E-state index is 0.193. The van der Waals surface area contributed by atoms with Crippen LogP contribution in [0.5, 0.6) is 0 Å². The maximum atomic E-state index is 2.55. The van der Waals surface area contributed by atoms with Crippen LogP contribution in [0.4, 0.5) is 0 Å². The molecule has 1 aliphatic rings. The van der Waals surface area contributed by atoms with Crippen LogP contribution in [0.2, 0.25) is 0 Å². The Labute approximate surface area is 132 Å². The zero-order chi connectivity index (χ0) is 15.9. The Kier molecular flexibility index (Phi) is 6.95. The van der Waals surface area contributed by atoms with E-state index < -0.39 is 0 Å². The molecular formula is C21H32. The van der Waals surface area contributed by atoms with Gasteiger partial charge in [0.1, 0.15) is 0 Å². The van der Waals surface area contributed by atoms with E-state index in [0.29, 0.717) is 17.8 Å². The smallest absolute Gasteiger partial charge is 0.00424 e. The Morgan fingerprint density at radius 2 is 1.43 bits per heavy atom. The highest BCUT2D eigenvalue weighted by molar-refractivity contribution is 5.34. The number of hydrogen-bond donors (Lipinski definition) is 0. The summed E-state index contributed by atoms with van der Waals surface area (Å²) in [6, 6.07) is 0. The monoisotopic (exact) mass is 284 g/mol. The van der Waals surface area contributed by atoms with Crippen LogP contribution in [0.3, 0.4) is 0 Å². The molecule has 0 nitrogen and oxygen atoms in total. The third-order valence-electron chi connectivity index (χ3n) is 4.88. The summed E-state index contributed by atoms with van der Waals surface area (Å²) in [5.41, 5.74) is 1.64. The van der Waals surface area contributed by atoms with E-state index in [-0.39, 0.29) is 5.41 Å². The van der Waals surface area contributed by atoms with E-state index in [2.05, 4.69) is 96.2 Å². The number of rotatable bonds is 6. The second-order valence-corrected chi connectivity index (χ2v) is 6.31. The fourth-order valence-corrected chi connectivity index (χ4v) is 3.48. The molecular weight excluding hydrogens is 252 g/mol. The van der Waals surface area contributed by atoms with Crippen LogP contribution >= 0.6 is 0 Å². The molecule has 0 N–H and O–H groups in total. The third kappa shape index (κ3) is 4.09. The fourth-order valence-electron chi connectivity index (χ4n) is 3.48. The summed E-state index contributed by atoms with van der Waals surface area (Å²) < 4.78 is 0. The lowest BCUT2D eigenvalue weighted by atomic mass is 9.62. The van der Waals surface area contributed by atoms with Crippen molar-refractivity contribution in [3.05, 3.63) is 60.3 Å². The fraction of sp³-hybridized carbons (Fsp3) is 0.524. The molecule has 0 fully saturated rings. The van der Waals surface area contributed by atoms with Gasteiger partial charge in [-0.1, -0.05) is 75.5 Å². The van der Waals surface area contributed by atoms with Crippen molar-refractivity contribution in [3.8, 4) is 0 Å². The summed E-state index contributed by atoms with van der Waals surface area (Å²) in [5, 5.41) is 0. The first kappa shape index (κ1) is 17.8. The van der Waals surface area contributed by atoms with Gasteiger partial charge < -0.3 is 0 Å². The van der Waals surface area contributed by atoms with E-state index in [1.807, 2.05) is 0 Å². The minimum atomic E-state index is 0.193. The number of hydrogen-bond acceptors (Lipinski definition) is 0. The van der Waals surface area contributed by atoms with Crippen molar-refractivity contribution in [1.82, 2.24) is 0 Å². The standard InChI is InChI=1S/C21H32/c1-7-11-17(4)20-14-10-15-21(16-20,18(5)12-8-2)19(6)13-9-3/h7-14,16-19H,15H2,1-6H3/b11-7+,12-8+,13-9+. The first-order valence-electron chi connectivity index (χ1n) is 8.29. The van der Waals surface area contributed by atoms with Gasteiger partial charge in [0.05, 0.1) is 0 Å². The van der Waals surface area contributed by atoms with Crippen LogP contribution in [0.25, 0.3) is 0 Å². The molecule has 21 heavy (non-hydrogen) atoms. The number of allylic oxidation sites excluding steroid dienone is 10. The Hall–Kier alpha value is -1.30. The molecule has 0 aromatic rings. The van der Waals surface area contributed by atoms with E-state index in [0.717, 1.165) is 6.42 Å². The Morgan fingerprint density at radius 1 is 0.905 bits per heavy atom. The van der Waals surface area contributed by atoms with Crippen LogP contribution < -0.4 is 0 Å². The summed E-state index contributed by atoms with van der Waals surface area (Å²) in [7, 11) is 0. The minimum Gasteiger partial charge on any atom is -0.0914 e. The highest BCUT2D eigenvalue weighted by atomic mass is 14.4. The van der Waals surface area contributed by atoms with E-state index in [1.54, 1.807) is 0 Å². The van der Waals surface area contributed by atoms with Crippen molar-refractivity contribution >= 4 is 0 Å². The van der Waals surface area contributed by atoms with Gasteiger partial charge in [0.15, 0.2) is 0 Å². The van der Waals surface area contributed by atoms with Gasteiger partial charge in [0.25, 0.3) is 0 Å². The summed E-state index contributed by atoms with van der Waals surface area (Å²) in [4.78, 5) is 0. The van der Waals surface area contributed by atoms with Gasteiger partial charge in [-0.05, 0) is 50.5 Å². The summed E-state index contributed by atoms with van der Waals surface area (Å²) in [6.07, 6.45) is 21.9. The first-order valence-corrected chi connectivity index (χ1v) is 8.29. The molecule has 0 aromatic heterocycles. The topological polar surface area (TPSA) is 0 Å². The maximum absolute atomic E-state index is 2.55. The van der Waals surface area contributed by atoms with Crippen LogP contribution in [0, 0.1) is 23.2 Å². The second-order valence-electron chi connectivity index (χ2n) is 6.31. The lowest BCUT2D eigenvalue weighted by molar-refractivity contribution is 0.220. The van der Waals surface area contributed by atoms with Crippen molar-refractivity contribution in [2.45, 2.75) is 48.0 Å². The zero-order valence-corrected chi connectivity index (χ0v) is 14.6. The second kappa shape index (κ2) is 8.22. The average molecular weight is 284 g/mol. The highest BCUT2D eigenvalue weighted by Gasteiger charge is 2.37. The van der Waals surface area contributed by atoms with Gasteiger partial charge >= 0.3 is 0 Å². The van der Waals surface area contributed by atoms with E-state index >= 15 is 0 Å². The lowest BCUT2D eigenvalue weighted by Gasteiger charge is -2.42. The molecule has 0 amide bonds. The van der Waals surface area contributed by atoms with Gasteiger partial charge in [0, 0.05) is 5.41 Å². The van der Waals surface area contributed by atoms with Crippen LogP contribution in [0.1, 0.15) is 48.0 Å². The molecule has 0 heteroatoms. The normalized spacial score (nSPS) is 27.4. The summed E-state index contributed by atoms with van der Waals surface area (Å²) >= 11 is 0. The van der Waals surface area contributed by atoms with E-state index in [4.69, 9.17) is 0 Å². The predicted molar refractivity (Wildman–Crippen MR) is 96.2 cm³/mol. The summed E-state index contributed by atoms with van der Waals surface area (Å²) in [6.45, 7) is 13.3. The third-order valence-corrected chi connectivity index (χ3v) is 4.88. The van der Waals surface area contributed by atoms with Crippen LogP contribution in [-0.2, 0) is 0 Å². The maximum Gasteiger partial charge on any atom is 0.00424 e. The lowest BCUT2D eigenvalue weighted by Crippen LogP contribution is -2.33. The van der Waals surface area contributed by atoms with E-state index in [1.165, 1.54) is 5.57 Å².